The van der Waals surface area contributed by atoms with Crippen molar-refractivity contribution in [2.45, 2.75) is 18.9 Å². The molecule has 1 fully saturated rings. The normalized spacial score (nSPS) is 15.9. The number of nitrogens with zero attached hydrogens (tertiary/aromatic N) is 2. The van der Waals surface area contributed by atoms with Crippen LogP contribution in [0.4, 0.5) is 0 Å². The lowest BCUT2D eigenvalue weighted by molar-refractivity contribution is 0.153. The predicted octanol–water partition coefficient (Wildman–Crippen LogP) is 4.56. The first kappa shape index (κ1) is 22.3. The molecule has 1 aromatic heterocycles. The third-order valence-corrected chi connectivity index (χ3v) is 6.15. The molecule has 0 amide bonds. The van der Waals surface area contributed by atoms with Crippen LogP contribution >= 0.6 is 0 Å². The van der Waals surface area contributed by atoms with Gasteiger partial charge in [0, 0.05) is 12.7 Å². The zero-order valence-electron chi connectivity index (χ0n) is 18.8. The topological polar surface area (TPSA) is 46.6 Å². The lowest BCUT2D eigenvalue weighted by atomic mass is 9.95. The van der Waals surface area contributed by atoms with Gasteiger partial charge in [0.05, 0.1) is 18.8 Å². The molecule has 2 aromatic carbocycles. The van der Waals surface area contributed by atoms with Crippen molar-refractivity contribution in [1.82, 2.24) is 15.2 Å². The van der Waals surface area contributed by atoms with Gasteiger partial charge in [-0.3, -0.25) is 9.88 Å². The van der Waals surface area contributed by atoms with Crippen LogP contribution < -0.4 is 14.8 Å². The third kappa shape index (κ3) is 6.31. The number of aromatic nitrogens is 1. The lowest BCUT2D eigenvalue weighted by Crippen LogP contribution is -2.40. The molecule has 0 bridgehead atoms. The highest BCUT2D eigenvalue weighted by Crippen LogP contribution is 2.25. The molecule has 168 valence electrons. The van der Waals surface area contributed by atoms with Gasteiger partial charge in [-0.05, 0) is 80.4 Å². The number of rotatable bonds is 10. The van der Waals surface area contributed by atoms with E-state index in [4.69, 9.17) is 9.47 Å². The molecule has 0 aliphatic carbocycles. The van der Waals surface area contributed by atoms with E-state index >= 15 is 0 Å². The number of hydrogen-bond acceptors (Lipinski definition) is 5. The SMILES string of the molecule is COc1cccc(C(NCC2CCN(CCOc3ccccc3)CC2)c2ccccn2)c1. The number of para-hydroxylation sites is 1. The second-order valence-corrected chi connectivity index (χ2v) is 8.32. The van der Waals surface area contributed by atoms with E-state index in [1.54, 1.807) is 7.11 Å². The molecule has 3 aromatic rings. The van der Waals surface area contributed by atoms with E-state index in [0.717, 1.165) is 50.0 Å². The molecule has 4 rings (SSSR count). The van der Waals surface area contributed by atoms with Crippen LogP contribution in [-0.4, -0.2) is 49.8 Å². The molecule has 1 saturated heterocycles. The molecule has 5 nitrogen and oxygen atoms in total. The molecule has 2 heterocycles. The number of methoxy groups -OCH3 is 1. The highest BCUT2D eigenvalue weighted by molar-refractivity contribution is 5.34. The van der Waals surface area contributed by atoms with E-state index in [2.05, 4.69) is 33.4 Å². The molecule has 1 aliphatic rings. The summed E-state index contributed by atoms with van der Waals surface area (Å²) in [5, 5.41) is 3.79. The first-order chi connectivity index (χ1) is 15.8. The molecule has 0 saturated carbocycles. The van der Waals surface area contributed by atoms with Crippen molar-refractivity contribution >= 4 is 0 Å². The zero-order chi connectivity index (χ0) is 22.0. The molecule has 1 atom stereocenters. The Labute approximate surface area is 191 Å². The lowest BCUT2D eigenvalue weighted by Gasteiger charge is -2.33. The van der Waals surface area contributed by atoms with E-state index < -0.39 is 0 Å². The highest BCUT2D eigenvalue weighted by Gasteiger charge is 2.22. The molecular weight excluding hydrogens is 398 g/mol. The van der Waals surface area contributed by atoms with Gasteiger partial charge >= 0.3 is 0 Å². The Morgan fingerprint density at radius 1 is 0.969 bits per heavy atom. The van der Waals surface area contributed by atoms with Crippen molar-refractivity contribution in [3.05, 3.63) is 90.3 Å². The Morgan fingerprint density at radius 3 is 2.50 bits per heavy atom. The number of pyridine rings is 1. The van der Waals surface area contributed by atoms with Crippen LogP contribution in [0.3, 0.4) is 0 Å². The maximum atomic E-state index is 5.86. The van der Waals surface area contributed by atoms with E-state index in [9.17, 15) is 0 Å². The van der Waals surface area contributed by atoms with Crippen molar-refractivity contribution in [2.24, 2.45) is 5.92 Å². The average molecular weight is 432 g/mol. The Bertz CT molecular complexity index is 928. The van der Waals surface area contributed by atoms with Crippen molar-refractivity contribution in [3.63, 3.8) is 0 Å². The summed E-state index contributed by atoms with van der Waals surface area (Å²) in [5.74, 6) is 2.49. The van der Waals surface area contributed by atoms with Gasteiger partial charge in [-0.2, -0.15) is 0 Å². The molecule has 1 N–H and O–H groups in total. The molecule has 0 radical (unpaired) electrons. The van der Waals surface area contributed by atoms with Crippen LogP contribution in [-0.2, 0) is 0 Å². The second-order valence-electron chi connectivity index (χ2n) is 8.32. The monoisotopic (exact) mass is 431 g/mol. The van der Waals surface area contributed by atoms with Crippen molar-refractivity contribution < 1.29 is 9.47 Å². The van der Waals surface area contributed by atoms with E-state index in [-0.39, 0.29) is 6.04 Å². The van der Waals surface area contributed by atoms with E-state index in [1.165, 1.54) is 18.4 Å². The largest absolute Gasteiger partial charge is 0.497 e. The first-order valence-electron chi connectivity index (χ1n) is 11.5. The number of piperidine rings is 1. The van der Waals surface area contributed by atoms with Gasteiger partial charge < -0.3 is 14.8 Å². The zero-order valence-corrected chi connectivity index (χ0v) is 18.8. The Balaban J connectivity index is 1.27. The molecule has 5 heteroatoms. The third-order valence-electron chi connectivity index (χ3n) is 6.15. The van der Waals surface area contributed by atoms with Crippen molar-refractivity contribution in [1.29, 1.82) is 0 Å². The number of hydrogen-bond donors (Lipinski definition) is 1. The number of benzene rings is 2. The fourth-order valence-corrected chi connectivity index (χ4v) is 4.27. The molecule has 0 spiro atoms. The van der Waals surface area contributed by atoms with Gasteiger partial charge in [-0.1, -0.05) is 36.4 Å². The van der Waals surface area contributed by atoms with Crippen molar-refractivity contribution in [2.75, 3.05) is 39.9 Å². The Kier molecular flexibility index (Phi) is 8.12. The van der Waals surface area contributed by atoms with E-state index in [0.29, 0.717) is 5.92 Å². The maximum absolute atomic E-state index is 5.86. The second kappa shape index (κ2) is 11.7. The van der Waals surface area contributed by atoms with Gasteiger partial charge in [0.15, 0.2) is 0 Å². The summed E-state index contributed by atoms with van der Waals surface area (Å²) in [6.45, 7) is 4.95. The van der Waals surface area contributed by atoms with Crippen LogP contribution in [0.15, 0.2) is 79.0 Å². The van der Waals surface area contributed by atoms with E-state index in [1.807, 2.05) is 60.8 Å². The van der Waals surface area contributed by atoms with Crippen LogP contribution in [0.1, 0.15) is 30.1 Å². The first-order valence-corrected chi connectivity index (χ1v) is 11.5. The standard InChI is InChI=1S/C27H33N3O2/c1-31-25-11-7-8-23(20-25)27(26-12-5-6-15-28-26)29-21-22-13-16-30(17-14-22)18-19-32-24-9-3-2-4-10-24/h2-12,15,20,22,27,29H,13-14,16-19,21H2,1H3. The van der Waals surface area contributed by atoms with Crippen LogP contribution in [0, 0.1) is 5.92 Å². The number of ether oxygens (including phenoxy) is 2. The maximum Gasteiger partial charge on any atom is 0.119 e. The minimum Gasteiger partial charge on any atom is -0.497 e. The summed E-state index contributed by atoms with van der Waals surface area (Å²) in [7, 11) is 1.71. The summed E-state index contributed by atoms with van der Waals surface area (Å²) in [5.41, 5.74) is 2.22. The van der Waals surface area contributed by atoms with Gasteiger partial charge in [0.25, 0.3) is 0 Å². The fourth-order valence-electron chi connectivity index (χ4n) is 4.27. The molecule has 1 aliphatic heterocycles. The highest BCUT2D eigenvalue weighted by atomic mass is 16.5. The minimum absolute atomic E-state index is 0.0589. The quantitative estimate of drug-likeness (QED) is 0.510. The Morgan fingerprint density at radius 2 is 1.75 bits per heavy atom. The molecular formula is C27H33N3O2. The van der Waals surface area contributed by atoms with Crippen LogP contribution in [0.2, 0.25) is 0 Å². The van der Waals surface area contributed by atoms with Crippen LogP contribution in [0.25, 0.3) is 0 Å². The van der Waals surface area contributed by atoms with Gasteiger partial charge in [-0.25, -0.2) is 0 Å². The summed E-state index contributed by atoms with van der Waals surface area (Å²) in [4.78, 5) is 7.13. The Hall–Kier alpha value is -2.89. The summed E-state index contributed by atoms with van der Waals surface area (Å²) in [6, 6.07) is 24.5. The predicted molar refractivity (Wildman–Crippen MR) is 128 cm³/mol. The number of likely N-dealkylation sites (tertiary alicyclic amines) is 1. The van der Waals surface area contributed by atoms with Gasteiger partial charge in [0.1, 0.15) is 18.1 Å². The smallest absolute Gasteiger partial charge is 0.119 e. The summed E-state index contributed by atoms with van der Waals surface area (Å²) >= 11 is 0. The average Bonchev–Trinajstić information content (AvgIpc) is 2.86. The van der Waals surface area contributed by atoms with Crippen LogP contribution in [0.5, 0.6) is 11.5 Å². The molecule has 1 unspecified atom stereocenters. The summed E-state index contributed by atoms with van der Waals surface area (Å²) < 4.78 is 11.3. The van der Waals surface area contributed by atoms with Gasteiger partial charge in [0.2, 0.25) is 0 Å². The van der Waals surface area contributed by atoms with Gasteiger partial charge in [-0.15, -0.1) is 0 Å². The molecule has 32 heavy (non-hydrogen) atoms. The summed E-state index contributed by atoms with van der Waals surface area (Å²) in [6.07, 6.45) is 4.26. The van der Waals surface area contributed by atoms with Crippen molar-refractivity contribution in [3.8, 4) is 11.5 Å². The fraction of sp³-hybridized carbons (Fsp3) is 0.370. The number of nitrogens with one attached hydrogen (secondary N) is 1. The minimum atomic E-state index is 0.0589.